The van der Waals surface area contributed by atoms with Crippen LogP contribution in [0, 0.1) is 17.0 Å². The monoisotopic (exact) mass is 255 g/mol. The number of ether oxygens (including phenoxy) is 1. The van der Waals surface area contributed by atoms with Gasteiger partial charge in [0.15, 0.2) is 0 Å². The van der Waals surface area contributed by atoms with Gasteiger partial charge in [-0.3, -0.25) is 0 Å². The maximum atomic E-state index is 13.4. The van der Waals surface area contributed by atoms with Crippen molar-refractivity contribution in [1.29, 1.82) is 0 Å². The minimum Gasteiger partial charge on any atom is -0.381 e. The normalized spacial score (nSPS) is 18.8. The second kappa shape index (κ2) is 5.76. The zero-order valence-electron chi connectivity index (χ0n) is 10.6. The Morgan fingerprint density at radius 1 is 1.28 bits per heavy atom. The van der Waals surface area contributed by atoms with Gasteiger partial charge in [-0.1, -0.05) is 13.0 Å². The molecule has 1 saturated heterocycles. The lowest BCUT2D eigenvalue weighted by molar-refractivity contribution is 0.0239. The van der Waals surface area contributed by atoms with Crippen LogP contribution >= 0.6 is 0 Å². The summed E-state index contributed by atoms with van der Waals surface area (Å²) in [6.07, 6.45) is 2.04. The first-order valence-electron chi connectivity index (χ1n) is 6.31. The van der Waals surface area contributed by atoms with Crippen LogP contribution in [-0.2, 0) is 11.3 Å². The lowest BCUT2D eigenvalue weighted by Gasteiger charge is -2.33. The number of benzene rings is 1. The Bertz CT molecular complexity index is 403. The quantitative estimate of drug-likeness (QED) is 0.893. The van der Waals surface area contributed by atoms with Crippen molar-refractivity contribution in [3.05, 3.63) is 35.4 Å². The highest BCUT2D eigenvalue weighted by atomic mass is 19.1. The lowest BCUT2D eigenvalue weighted by Crippen LogP contribution is -2.36. The Kier molecular flexibility index (Phi) is 4.30. The van der Waals surface area contributed by atoms with Gasteiger partial charge < -0.3 is 10.1 Å². The van der Waals surface area contributed by atoms with Crippen molar-refractivity contribution in [2.45, 2.75) is 26.3 Å². The van der Waals surface area contributed by atoms with Gasteiger partial charge in [-0.05, 0) is 24.3 Å². The number of hydrogen-bond acceptors (Lipinski definition) is 2. The molecular weight excluding hydrogens is 236 g/mol. The van der Waals surface area contributed by atoms with Gasteiger partial charge in [0.1, 0.15) is 11.6 Å². The number of nitrogens with one attached hydrogen (secondary N) is 1. The lowest BCUT2D eigenvalue weighted by atomic mass is 9.82. The maximum absolute atomic E-state index is 13.4. The first kappa shape index (κ1) is 13.4. The molecule has 100 valence electrons. The van der Waals surface area contributed by atoms with E-state index in [1.165, 1.54) is 12.1 Å². The van der Waals surface area contributed by atoms with Crippen LogP contribution in [0.25, 0.3) is 0 Å². The molecule has 0 saturated carbocycles. The van der Waals surface area contributed by atoms with E-state index in [2.05, 4.69) is 12.2 Å². The van der Waals surface area contributed by atoms with E-state index in [-0.39, 0.29) is 5.41 Å². The molecule has 0 spiro atoms. The van der Waals surface area contributed by atoms with E-state index in [1.807, 2.05) is 0 Å². The van der Waals surface area contributed by atoms with Crippen LogP contribution in [0.15, 0.2) is 18.2 Å². The van der Waals surface area contributed by atoms with Gasteiger partial charge >= 0.3 is 0 Å². The number of hydrogen-bond donors (Lipinski definition) is 1. The van der Waals surface area contributed by atoms with Gasteiger partial charge in [0.25, 0.3) is 0 Å². The molecule has 1 N–H and O–H groups in total. The molecule has 1 aromatic rings. The molecule has 0 aromatic heterocycles. The van der Waals surface area contributed by atoms with Gasteiger partial charge in [0.05, 0.1) is 0 Å². The van der Waals surface area contributed by atoms with E-state index in [1.54, 1.807) is 0 Å². The fraction of sp³-hybridized carbons (Fsp3) is 0.571. The molecule has 1 fully saturated rings. The van der Waals surface area contributed by atoms with E-state index in [4.69, 9.17) is 4.74 Å². The highest BCUT2D eigenvalue weighted by Gasteiger charge is 2.26. The molecule has 1 heterocycles. The summed E-state index contributed by atoms with van der Waals surface area (Å²) in [5.41, 5.74) is 0.724. The molecule has 2 nitrogen and oxygen atoms in total. The fourth-order valence-electron chi connectivity index (χ4n) is 2.20. The maximum Gasteiger partial charge on any atom is 0.130 e. The summed E-state index contributed by atoms with van der Waals surface area (Å²) in [7, 11) is 0. The van der Waals surface area contributed by atoms with Crippen molar-refractivity contribution < 1.29 is 13.5 Å². The molecule has 1 aliphatic heterocycles. The van der Waals surface area contributed by atoms with Crippen molar-refractivity contribution >= 4 is 0 Å². The Morgan fingerprint density at radius 2 is 2.00 bits per heavy atom. The second-order valence-corrected chi connectivity index (χ2v) is 5.26. The second-order valence-electron chi connectivity index (χ2n) is 5.26. The van der Waals surface area contributed by atoms with Crippen molar-refractivity contribution in [3.8, 4) is 0 Å². The molecule has 4 heteroatoms. The molecule has 2 rings (SSSR count). The molecule has 0 unspecified atom stereocenters. The van der Waals surface area contributed by atoms with Crippen molar-refractivity contribution in [2.24, 2.45) is 5.41 Å². The molecule has 18 heavy (non-hydrogen) atoms. The van der Waals surface area contributed by atoms with E-state index < -0.39 is 11.6 Å². The van der Waals surface area contributed by atoms with Gasteiger partial charge in [-0.2, -0.15) is 0 Å². The zero-order chi connectivity index (χ0) is 13.0. The van der Waals surface area contributed by atoms with Gasteiger partial charge in [0.2, 0.25) is 0 Å². The highest BCUT2D eigenvalue weighted by Crippen LogP contribution is 2.28. The summed E-state index contributed by atoms with van der Waals surface area (Å²) in [5.74, 6) is -1.02. The summed E-state index contributed by atoms with van der Waals surface area (Å²) in [6, 6.07) is 3.70. The molecular formula is C14H19F2NO. The van der Waals surface area contributed by atoms with Crippen molar-refractivity contribution in [2.75, 3.05) is 19.8 Å². The Hall–Kier alpha value is -1.00. The fourth-order valence-corrected chi connectivity index (χ4v) is 2.20. The highest BCUT2D eigenvalue weighted by molar-refractivity contribution is 5.18. The van der Waals surface area contributed by atoms with E-state index in [9.17, 15) is 8.78 Å². The largest absolute Gasteiger partial charge is 0.381 e. The van der Waals surface area contributed by atoms with Crippen LogP contribution < -0.4 is 5.32 Å². The minimum atomic E-state index is -0.535. The smallest absolute Gasteiger partial charge is 0.130 e. The Morgan fingerprint density at radius 3 is 2.67 bits per heavy atom. The van der Waals surface area contributed by atoms with E-state index in [0.717, 1.165) is 38.7 Å². The Balaban J connectivity index is 1.84. The predicted octanol–water partition coefficient (Wildman–Crippen LogP) is 2.87. The third-order valence-electron chi connectivity index (χ3n) is 3.58. The van der Waals surface area contributed by atoms with Crippen LogP contribution in [0.4, 0.5) is 8.78 Å². The van der Waals surface area contributed by atoms with Crippen LogP contribution in [-0.4, -0.2) is 19.8 Å². The number of rotatable bonds is 4. The molecule has 1 aliphatic rings. The molecule has 0 bridgehead atoms. The molecule has 0 atom stereocenters. The Labute approximate surface area is 106 Å². The third-order valence-corrected chi connectivity index (χ3v) is 3.58. The molecule has 0 radical (unpaired) electrons. The summed E-state index contributed by atoms with van der Waals surface area (Å²) in [4.78, 5) is 0. The minimum absolute atomic E-state index is 0.217. The molecule has 0 aliphatic carbocycles. The zero-order valence-corrected chi connectivity index (χ0v) is 10.6. The predicted molar refractivity (Wildman–Crippen MR) is 66.2 cm³/mol. The van der Waals surface area contributed by atoms with Crippen molar-refractivity contribution in [3.63, 3.8) is 0 Å². The molecule has 0 amide bonds. The average Bonchev–Trinajstić information content (AvgIpc) is 2.33. The summed E-state index contributed by atoms with van der Waals surface area (Å²) in [6.45, 7) is 5.06. The molecule has 1 aromatic carbocycles. The average molecular weight is 255 g/mol. The first-order chi connectivity index (χ1) is 8.59. The number of halogens is 2. The van der Waals surface area contributed by atoms with Crippen LogP contribution in [0.1, 0.15) is 25.3 Å². The van der Waals surface area contributed by atoms with E-state index in [0.29, 0.717) is 12.1 Å². The summed E-state index contributed by atoms with van der Waals surface area (Å²) in [5, 5.41) is 3.25. The van der Waals surface area contributed by atoms with Crippen LogP contribution in [0.5, 0.6) is 0 Å². The first-order valence-corrected chi connectivity index (χ1v) is 6.31. The standard InChI is InChI=1S/C14H19F2NO/c1-14(4-6-18-7-5-14)10-17-9-11-2-3-12(15)8-13(11)16/h2-3,8,17H,4-7,9-10H2,1H3. The van der Waals surface area contributed by atoms with Crippen LogP contribution in [0.2, 0.25) is 0 Å². The van der Waals surface area contributed by atoms with Gasteiger partial charge in [-0.15, -0.1) is 0 Å². The van der Waals surface area contributed by atoms with Gasteiger partial charge in [0, 0.05) is 37.9 Å². The summed E-state index contributed by atoms with van der Waals surface area (Å²) >= 11 is 0. The van der Waals surface area contributed by atoms with Crippen molar-refractivity contribution in [1.82, 2.24) is 5.32 Å². The SMILES string of the molecule is CC1(CNCc2ccc(F)cc2F)CCOCC1. The van der Waals surface area contributed by atoms with E-state index >= 15 is 0 Å². The topological polar surface area (TPSA) is 21.3 Å². The summed E-state index contributed by atoms with van der Waals surface area (Å²) < 4.78 is 31.5. The van der Waals surface area contributed by atoms with Crippen LogP contribution in [0.3, 0.4) is 0 Å². The van der Waals surface area contributed by atoms with Gasteiger partial charge in [-0.25, -0.2) is 8.78 Å². The third kappa shape index (κ3) is 3.50.